The summed E-state index contributed by atoms with van der Waals surface area (Å²) in [6, 6.07) is 0. The molecule has 0 saturated heterocycles. The van der Waals surface area contributed by atoms with E-state index in [1.807, 2.05) is 13.8 Å². The highest BCUT2D eigenvalue weighted by Gasteiger charge is 2.72. The maximum atomic E-state index is 13.2. The highest BCUT2D eigenvalue weighted by atomic mass is 16.6. The van der Waals surface area contributed by atoms with Gasteiger partial charge in [0, 0.05) is 25.3 Å². The minimum atomic E-state index is -0.925. The zero-order valence-electron chi connectivity index (χ0n) is 30.4. The molecule has 0 aromatic heterocycles. The van der Waals surface area contributed by atoms with E-state index in [1.54, 1.807) is 0 Å². The number of aliphatic hydroxyl groups excluding tert-OH is 1. The Morgan fingerprint density at radius 3 is 2.13 bits per heavy atom. The Bertz CT molecular complexity index is 1320. The van der Waals surface area contributed by atoms with Gasteiger partial charge < -0.3 is 19.3 Å². The van der Waals surface area contributed by atoms with Crippen LogP contribution in [0.5, 0.6) is 0 Å². The van der Waals surface area contributed by atoms with Crippen LogP contribution in [-0.2, 0) is 28.6 Å². The Kier molecular flexibility index (Phi) is 8.78. The molecule has 258 valence electrons. The molecule has 5 aliphatic carbocycles. The van der Waals surface area contributed by atoms with Crippen LogP contribution in [0.1, 0.15) is 128 Å². The number of esters is 3. The van der Waals surface area contributed by atoms with Gasteiger partial charge >= 0.3 is 17.9 Å². The highest BCUT2D eigenvalue weighted by molar-refractivity contribution is 5.82. The topological polar surface area (TPSA) is 99.1 Å². The Morgan fingerprint density at radius 2 is 1.52 bits per heavy atom. The quantitative estimate of drug-likeness (QED) is 0.142. The third-order valence-corrected chi connectivity index (χ3v) is 14.3. The van der Waals surface area contributed by atoms with Crippen molar-refractivity contribution in [3.8, 4) is 0 Å². The summed E-state index contributed by atoms with van der Waals surface area (Å²) in [4.78, 5) is 37.5. The Morgan fingerprint density at radius 1 is 0.848 bits per heavy atom. The molecule has 7 heteroatoms. The molecule has 0 aliphatic heterocycles. The lowest BCUT2D eigenvalue weighted by molar-refractivity contribution is -0.242. The monoisotopic (exact) mass is 640 g/mol. The zero-order valence-corrected chi connectivity index (χ0v) is 30.4. The molecule has 0 aromatic rings. The van der Waals surface area contributed by atoms with Crippen molar-refractivity contribution in [2.75, 3.05) is 6.61 Å². The fourth-order valence-corrected chi connectivity index (χ4v) is 12.0. The third kappa shape index (κ3) is 5.29. The van der Waals surface area contributed by atoms with E-state index in [4.69, 9.17) is 14.2 Å². The van der Waals surface area contributed by atoms with Crippen molar-refractivity contribution in [1.29, 1.82) is 0 Å². The molecule has 1 N–H and O–H groups in total. The van der Waals surface area contributed by atoms with E-state index < -0.39 is 29.6 Å². The second-order valence-electron chi connectivity index (χ2n) is 18.1. The normalized spacial score (nSPS) is 43.7. The first-order chi connectivity index (χ1) is 21.1. The molecule has 0 radical (unpaired) electrons. The average molecular weight is 641 g/mol. The van der Waals surface area contributed by atoms with Gasteiger partial charge in [-0.15, -0.1) is 0 Å². The summed E-state index contributed by atoms with van der Waals surface area (Å²) in [7, 11) is 0. The maximum absolute atomic E-state index is 13.2. The van der Waals surface area contributed by atoms with Crippen LogP contribution in [0.3, 0.4) is 0 Å². The maximum Gasteiger partial charge on any atom is 0.330 e. The van der Waals surface area contributed by atoms with E-state index >= 15 is 0 Å². The van der Waals surface area contributed by atoms with Crippen LogP contribution in [0.2, 0.25) is 0 Å². The van der Waals surface area contributed by atoms with Gasteiger partial charge in [0.25, 0.3) is 0 Å². The number of carbonyl (C=O) groups is 3. The smallest absolute Gasteiger partial charge is 0.330 e. The van der Waals surface area contributed by atoms with Gasteiger partial charge in [0.1, 0.15) is 18.8 Å². The number of ether oxygens (including phenoxy) is 3. The number of carbonyl (C=O) groups excluding carboxylic acids is 3. The molecule has 0 aromatic carbocycles. The first-order valence-electron chi connectivity index (χ1n) is 17.7. The summed E-state index contributed by atoms with van der Waals surface area (Å²) in [6.45, 7) is 23.1. The first kappa shape index (κ1) is 35.2. The van der Waals surface area contributed by atoms with Crippen LogP contribution in [0.25, 0.3) is 0 Å². The van der Waals surface area contributed by atoms with E-state index in [0.29, 0.717) is 24.7 Å². The van der Waals surface area contributed by atoms with Crippen molar-refractivity contribution >= 4 is 17.9 Å². The summed E-state index contributed by atoms with van der Waals surface area (Å²) in [6.07, 6.45) is 9.34. The fraction of sp³-hybridized carbons (Fsp3) is 0.821. The molecular weight excluding hydrogens is 580 g/mol. The Balaban J connectivity index is 1.60. The van der Waals surface area contributed by atoms with Crippen molar-refractivity contribution < 1.29 is 33.7 Å². The highest BCUT2D eigenvalue weighted by Crippen LogP contribution is 2.76. The number of hydrogen-bond acceptors (Lipinski definition) is 7. The van der Waals surface area contributed by atoms with Crippen molar-refractivity contribution in [3.05, 3.63) is 23.3 Å². The molecule has 4 fully saturated rings. The number of rotatable bonds is 5. The summed E-state index contributed by atoms with van der Waals surface area (Å²) < 4.78 is 18.0. The van der Waals surface area contributed by atoms with Gasteiger partial charge in [-0.3, -0.25) is 9.59 Å². The van der Waals surface area contributed by atoms with Gasteiger partial charge in [0.2, 0.25) is 0 Å². The van der Waals surface area contributed by atoms with Gasteiger partial charge in [-0.05, 0) is 105 Å². The molecule has 4 saturated carbocycles. The second kappa shape index (κ2) is 11.5. The lowest BCUT2D eigenvalue weighted by Crippen LogP contribution is -2.69. The van der Waals surface area contributed by atoms with Crippen LogP contribution in [0.4, 0.5) is 0 Å². The predicted octanol–water partition coefficient (Wildman–Crippen LogP) is 7.74. The van der Waals surface area contributed by atoms with Gasteiger partial charge in [-0.2, -0.15) is 0 Å². The number of allylic oxidation sites excluding steroid dienone is 3. The zero-order chi connectivity index (χ0) is 34.3. The summed E-state index contributed by atoms with van der Waals surface area (Å²) >= 11 is 0. The molecular formula is C39H60O7. The molecule has 46 heavy (non-hydrogen) atoms. The number of aliphatic hydroxyl groups is 1. The Hall–Kier alpha value is -2.15. The summed E-state index contributed by atoms with van der Waals surface area (Å²) in [5.41, 5.74) is 0.699. The number of hydrogen-bond donors (Lipinski definition) is 1. The van der Waals surface area contributed by atoms with Crippen LogP contribution in [0.15, 0.2) is 23.3 Å². The van der Waals surface area contributed by atoms with Gasteiger partial charge in [0.15, 0.2) is 0 Å². The van der Waals surface area contributed by atoms with E-state index in [2.05, 4.69) is 54.5 Å². The summed E-state index contributed by atoms with van der Waals surface area (Å²) in [5, 5.41) is 12.5. The molecule has 0 bridgehead atoms. The van der Waals surface area contributed by atoms with E-state index in [1.165, 1.54) is 25.5 Å². The van der Waals surface area contributed by atoms with E-state index in [9.17, 15) is 19.5 Å². The second-order valence-corrected chi connectivity index (χ2v) is 18.1. The lowest BCUT2D eigenvalue weighted by atomic mass is 9.33. The Labute approximate surface area is 277 Å². The van der Waals surface area contributed by atoms with Gasteiger partial charge in [0.05, 0.1) is 11.5 Å². The van der Waals surface area contributed by atoms with Crippen molar-refractivity contribution in [2.45, 2.75) is 146 Å². The SMILES string of the molecule is CC(=O)OC[C@@]12[C@H](O)C[C@]3(C)C(=CC[C@@H]4[C@@]5(C)CC[C@H](OC(C)=O)C(C)(C)[C@@H]5CC[C@]43C)[C@@H]1CC(C)(C)C[C@@H]2OC(=O)C=C(C)C. The van der Waals surface area contributed by atoms with Crippen LogP contribution in [-0.4, -0.2) is 47.9 Å². The molecule has 0 amide bonds. The van der Waals surface area contributed by atoms with Crippen molar-refractivity contribution in [3.63, 3.8) is 0 Å². The van der Waals surface area contributed by atoms with E-state index in [-0.39, 0.29) is 51.7 Å². The van der Waals surface area contributed by atoms with Gasteiger partial charge in [-0.1, -0.05) is 65.7 Å². The van der Waals surface area contributed by atoms with Crippen LogP contribution < -0.4 is 0 Å². The number of fused-ring (bicyclic) bond motifs is 7. The molecule has 7 nitrogen and oxygen atoms in total. The van der Waals surface area contributed by atoms with Crippen molar-refractivity contribution in [2.24, 2.45) is 50.2 Å². The van der Waals surface area contributed by atoms with Crippen LogP contribution in [0, 0.1) is 50.2 Å². The third-order valence-electron chi connectivity index (χ3n) is 14.3. The van der Waals surface area contributed by atoms with E-state index in [0.717, 1.165) is 44.1 Å². The molecule has 5 rings (SSSR count). The first-order valence-corrected chi connectivity index (χ1v) is 17.7. The molecule has 0 heterocycles. The molecule has 10 atom stereocenters. The van der Waals surface area contributed by atoms with Crippen molar-refractivity contribution in [1.82, 2.24) is 0 Å². The van der Waals surface area contributed by atoms with Crippen LogP contribution >= 0.6 is 0 Å². The summed E-state index contributed by atoms with van der Waals surface area (Å²) in [5.74, 6) is -0.287. The minimum absolute atomic E-state index is 0.0239. The molecule has 0 unspecified atom stereocenters. The molecule has 0 spiro atoms. The molecule has 5 aliphatic rings. The predicted molar refractivity (Wildman–Crippen MR) is 177 cm³/mol. The van der Waals surface area contributed by atoms with Gasteiger partial charge in [-0.25, -0.2) is 4.79 Å². The largest absolute Gasteiger partial charge is 0.465 e. The standard InChI is InChI=1S/C39H60O7/c1-23(2)18-33(43)46-32-21-34(5,6)19-27-26-12-13-29-36(9)16-15-31(45-25(4)41)35(7,8)28(36)14-17-37(29,10)38(26,11)20-30(42)39(27,32)22-44-24(3)40/h12,18,27-32,42H,13-17,19-22H2,1-11H3/t27-,28-,29+,30+,31-,32-,36-,37+,38+,39-/m0/s1. The fourth-order valence-electron chi connectivity index (χ4n) is 12.0. The lowest BCUT2D eigenvalue weighted by Gasteiger charge is -2.72. The average Bonchev–Trinajstić information content (AvgIpc) is 2.89. The minimum Gasteiger partial charge on any atom is -0.465 e.